The zero-order valence-corrected chi connectivity index (χ0v) is 17.4. The average Bonchev–Trinajstić information content (AvgIpc) is 3.36. The Labute approximate surface area is 180 Å². The molecule has 0 N–H and O–H groups in total. The van der Waals surface area contributed by atoms with Crippen molar-refractivity contribution in [2.24, 2.45) is 11.8 Å². The van der Waals surface area contributed by atoms with E-state index in [4.69, 9.17) is 0 Å². The van der Waals surface area contributed by atoms with Gasteiger partial charge in [0.15, 0.2) is 0 Å². The first-order chi connectivity index (χ1) is 15.1. The summed E-state index contributed by atoms with van der Waals surface area (Å²) in [6, 6.07) is 12.8. The Bertz CT molecular complexity index is 1150. The van der Waals surface area contributed by atoms with E-state index >= 15 is 0 Å². The van der Waals surface area contributed by atoms with Crippen molar-refractivity contribution in [2.75, 3.05) is 31.1 Å². The SMILES string of the molecule is Cc1cncnc1N1CC2CN(C(=O)Cn3nc(-c4ccccc4)ccc3=O)CC2C1. The maximum atomic E-state index is 12.9. The number of benzene rings is 1. The predicted octanol–water partition coefficient (Wildman–Crippen LogP) is 1.60. The number of carbonyl (C=O) groups is 1. The predicted molar refractivity (Wildman–Crippen MR) is 116 cm³/mol. The molecule has 31 heavy (non-hydrogen) atoms. The topological polar surface area (TPSA) is 84.2 Å². The lowest BCUT2D eigenvalue weighted by Crippen LogP contribution is -2.38. The summed E-state index contributed by atoms with van der Waals surface area (Å²) in [7, 11) is 0. The van der Waals surface area contributed by atoms with E-state index in [2.05, 4.69) is 20.0 Å². The Hall–Kier alpha value is -3.55. The Morgan fingerprint density at radius 2 is 1.77 bits per heavy atom. The Balaban J connectivity index is 1.25. The average molecular weight is 416 g/mol. The van der Waals surface area contributed by atoms with E-state index < -0.39 is 0 Å². The molecule has 0 radical (unpaired) electrons. The Morgan fingerprint density at radius 1 is 1.03 bits per heavy atom. The summed E-state index contributed by atoms with van der Waals surface area (Å²) >= 11 is 0. The van der Waals surface area contributed by atoms with E-state index in [-0.39, 0.29) is 18.0 Å². The first kappa shape index (κ1) is 19.4. The van der Waals surface area contributed by atoms with Crippen molar-refractivity contribution in [3.63, 3.8) is 0 Å². The second kappa shape index (κ2) is 7.94. The highest BCUT2D eigenvalue weighted by Crippen LogP contribution is 2.34. The molecule has 5 rings (SSSR count). The Kier molecular flexibility index (Phi) is 4.97. The molecule has 3 aromatic rings. The third-order valence-electron chi connectivity index (χ3n) is 6.23. The van der Waals surface area contributed by atoms with Gasteiger partial charge in [0.2, 0.25) is 5.91 Å². The normalized spacial score (nSPS) is 20.2. The van der Waals surface area contributed by atoms with Crippen LogP contribution in [0, 0.1) is 18.8 Å². The number of aryl methyl sites for hydroxylation is 1. The summed E-state index contributed by atoms with van der Waals surface area (Å²) in [5.41, 5.74) is 2.40. The van der Waals surface area contributed by atoms with Crippen molar-refractivity contribution in [3.8, 4) is 11.3 Å². The van der Waals surface area contributed by atoms with Crippen LogP contribution in [-0.4, -0.2) is 56.7 Å². The minimum Gasteiger partial charge on any atom is -0.356 e. The van der Waals surface area contributed by atoms with Crippen LogP contribution in [0.1, 0.15) is 5.56 Å². The lowest BCUT2D eigenvalue weighted by Gasteiger charge is -2.23. The van der Waals surface area contributed by atoms with Gasteiger partial charge in [-0.1, -0.05) is 30.3 Å². The molecule has 2 unspecified atom stereocenters. The highest BCUT2D eigenvalue weighted by atomic mass is 16.2. The zero-order valence-electron chi connectivity index (χ0n) is 17.4. The van der Waals surface area contributed by atoms with Crippen LogP contribution in [-0.2, 0) is 11.3 Å². The third kappa shape index (κ3) is 3.81. The third-order valence-corrected chi connectivity index (χ3v) is 6.23. The molecule has 0 aliphatic carbocycles. The van der Waals surface area contributed by atoms with Gasteiger partial charge in [0, 0.05) is 61.4 Å². The van der Waals surface area contributed by atoms with Gasteiger partial charge < -0.3 is 9.80 Å². The van der Waals surface area contributed by atoms with E-state index in [0.717, 1.165) is 30.0 Å². The molecule has 2 atom stereocenters. The molecule has 2 fully saturated rings. The van der Waals surface area contributed by atoms with E-state index in [1.165, 1.54) is 10.7 Å². The maximum Gasteiger partial charge on any atom is 0.267 e. The van der Waals surface area contributed by atoms with E-state index in [9.17, 15) is 9.59 Å². The first-order valence-electron chi connectivity index (χ1n) is 10.5. The van der Waals surface area contributed by atoms with Crippen LogP contribution < -0.4 is 10.5 Å². The molecular formula is C23H24N6O2. The number of likely N-dealkylation sites (tertiary alicyclic amines) is 1. The van der Waals surface area contributed by atoms with Crippen molar-refractivity contribution in [1.82, 2.24) is 24.6 Å². The lowest BCUT2D eigenvalue weighted by molar-refractivity contribution is -0.131. The monoisotopic (exact) mass is 416 g/mol. The van der Waals surface area contributed by atoms with Crippen LogP contribution in [0.4, 0.5) is 5.82 Å². The molecule has 158 valence electrons. The number of anilines is 1. The molecule has 0 spiro atoms. The van der Waals surface area contributed by atoms with Crippen LogP contribution >= 0.6 is 0 Å². The van der Waals surface area contributed by atoms with Gasteiger partial charge >= 0.3 is 0 Å². The molecule has 4 heterocycles. The highest BCUT2D eigenvalue weighted by molar-refractivity contribution is 5.76. The number of carbonyl (C=O) groups excluding carboxylic acids is 1. The van der Waals surface area contributed by atoms with Gasteiger partial charge in [0.05, 0.1) is 5.69 Å². The van der Waals surface area contributed by atoms with E-state index in [1.807, 2.05) is 48.4 Å². The fourth-order valence-electron chi connectivity index (χ4n) is 4.65. The lowest BCUT2D eigenvalue weighted by atomic mass is 10.0. The van der Waals surface area contributed by atoms with E-state index in [0.29, 0.717) is 30.6 Å². The molecule has 0 saturated carbocycles. The number of hydrogen-bond acceptors (Lipinski definition) is 6. The molecule has 2 saturated heterocycles. The molecule has 1 aromatic carbocycles. The van der Waals surface area contributed by atoms with Gasteiger partial charge in [0.1, 0.15) is 18.7 Å². The van der Waals surface area contributed by atoms with Gasteiger partial charge in [-0.2, -0.15) is 5.10 Å². The van der Waals surface area contributed by atoms with Crippen LogP contribution in [0.5, 0.6) is 0 Å². The summed E-state index contributed by atoms with van der Waals surface area (Å²) < 4.78 is 1.27. The summed E-state index contributed by atoms with van der Waals surface area (Å²) in [4.78, 5) is 37.9. The molecule has 2 aliphatic heterocycles. The molecular weight excluding hydrogens is 392 g/mol. The smallest absolute Gasteiger partial charge is 0.267 e. The van der Waals surface area contributed by atoms with Crippen molar-refractivity contribution in [3.05, 3.63) is 70.9 Å². The van der Waals surface area contributed by atoms with Crippen LogP contribution in [0.15, 0.2) is 59.8 Å². The van der Waals surface area contributed by atoms with Crippen molar-refractivity contribution < 1.29 is 4.79 Å². The standard InChI is InChI=1S/C23H24N6O2/c1-16-9-24-15-25-23(16)28-12-18-10-27(11-19(18)13-28)22(31)14-29-21(30)8-7-20(26-29)17-5-3-2-4-6-17/h2-9,15,18-19H,10-14H2,1H3. The zero-order chi connectivity index (χ0) is 21.4. The molecule has 0 bridgehead atoms. The van der Waals surface area contributed by atoms with Crippen LogP contribution in [0.3, 0.4) is 0 Å². The molecule has 2 aliphatic rings. The molecule has 2 aromatic heterocycles. The van der Waals surface area contributed by atoms with Crippen molar-refractivity contribution in [2.45, 2.75) is 13.5 Å². The second-order valence-electron chi connectivity index (χ2n) is 8.33. The summed E-state index contributed by atoms with van der Waals surface area (Å²) in [6.45, 7) is 5.16. The Morgan fingerprint density at radius 3 is 2.48 bits per heavy atom. The minimum absolute atomic E-state index is 0.0340. The highest BCUT2D eigenvalue weighted by Gasteiger charge is 2.42. The van der Waals surface area contributed by atoms with Gasteiger partial charge in [-0.25, -0.2) is 14.6 Å². The van der Waals surface area contributed by atoms with Crippen molar-refractivity contribution >= 4 is 11.7 Å². The maximum absolute atomic E-state index is 12.9. The van der Waals surface area contributed by atoms with Gasteiger partial charge in [0.25, 0.3) is 5.56 Å². The van der Waals surface area contributed by atoms with E-state index in [1.54, 1.807) is 12.4 Å². The summed E-state index contributed by atoms with van der Waals surface area (Å²) in [6.07, 6.45) is 3.42. The van der Waals surface area contributed by atoms with Gasteiger partial charge in [-0.15, -0.1) is 0 Å². The number of amides is 1. The number of fused-ring (bicyclic) bond motifs is 1. The molecule has 1 amide bonds. The van der Waals surface area contributed by atoms with Gasteiger partial charge in [-0.3, -0.25) is 9.59 Å². The quantitative estimate of drug-likeness (QED) is 0.642. The molecule has 8 heteroatoms. The van der Waals surface area contributed by atoms with Crippen LogP contribution in [0.25, 0.3) is 11.3 Å². The molecule has 8 nitrogen and oxygen atoms in total. The van der Waals surface area contributed by atoms with Gasteiger partial charge in [-0.05, 0) is 13.0 Å². The number of hydrogen-bond donors (Lipinski definition) is 0. The number of rotatable bonds is 4. The summed E-state index contributed by atoms with van der Waals surface area (Å²) in [5.74, 6) is 1.76. The largest absolute Gasteiger partial charge is 0.356 e. The van der Waals surface area contributed by atoms with Crippen LogP contribution in [0.2, 0.25) is 0 Å². The summed E-state index contributed by atoms with van der Waals surface area (Å²) in [5, 5.41) is 4.42. The first-order valence-corrected chi connectivity index (χ1v) is 10.5. The second-order valence-corrected chi connectivity index (χ2v) is 8.33. The fraction of sp³-hybridized carbons (Fsp3) is 0.348. The fourth-order valence-corrected chi connectivity index (χ4v) is 4.65. The van der Waals surface area contributed by atoms with Crippen molar-refractivity contribution in [1.29, 1.82) is 0 Å². The number of aromatic nitrogens is 4. The minimum atomic E-state index is -0.266. The number of nitrogens with zero attached hydrogens (tertiary/aromatic N) is 6.